The molecule has 0 unspecified atom stereocenters. The topological polar surface area (TPSA) is 84.2 Å². The molecule has 2 aromatic carbocycles. The second kappa shape index (κ2) is 6.11. The molecule has 24 heavy (non-hydrogen) atoms. The Morgan fingerprint density at radius 1 is 1.25 bits per heavy atom. The van der Waals surface area contributed by atoms with Crippen molar-refractivity contribution in [2.45, 2.75) is 6.54 Å². The monoisotopic (exact) mass is 327 g/mol. The van der Waals surface area contributed by atoms with Crippen LogP contribution in [0.5, 0.6) is 5.75 Å². The van der Waals surface area contributed by atoms with Crippen LogP contribution < -0.4 is 15.4 Å². The molecule has 0 spiro atoms. The van der Waals surface area contributed by atoms with Crippen LogP contribution in [0.1, 0.15) is 16.1 Å². The lowest BCUT2D eigenvalue weighted by Gasteiger charge is -2.13. The first-order chi connectivity index (χ1) is 11.5. The second-order valence-corrected chi connectivity index (χ2v) is 5.10. The van der Waals surface area contributed by atoms with Gasteiger partial charge in [0.15, 0.2) is 0 Å². The van der Waals surface area contributed by atoms with E-state index in [0.717, 1.165) is 4.68 Å². The highest BCUT2D eigenvalue weighted by Crippen LogP contribution is 2.20. The molecular formula is C17H12FN2O4-. The maximum atomic E-state index is 13.5. The molecule has 3 aromatic rings. The Morgan fingerprint density at radius 3 is 2.62 bits per heavy atom. The molecular weight excluding hydrogens is 315 g/mol. The molecule has 0 aliphatic carbocycles. The fourth-order valence-corrected chi connectivity index (χ4v) is 2.53. The van der Waals surface area contributed by atoms with Gasteiger partial charge in [0.2, 0.25) is 0 Å². The summed E-state index contributed by atoms with van der Waals surface area (Å²) in [6, 6.07) is 10.1. The Kier molecular flexibility index (Phi) is 3.99. The molecule has 0 radical (unpaired) electrons. The number of carbonyl (C=O) groups is 1. The number of carboxylic acid groups (broad SMARTS) is 1. The lowest BCUT2D eigenvalue weighted by molar-refractivity contribution is -0.255. The first kappa shape index (κ1) is 15.7. The molecule has 1 aromatic heterocycles. The summed E-state index contributed by atoms with van der Waals surface area (Å²) in [7, 11) is 1.42. The molecule has 0 saturated heterocycles. The number of nitrogens with zero attached hydrogens (tertiary/aromatic N) is 2. The zero-order valence-electron chi connectivity index (χ0n) is 12.7. The van der Waals surface area contributed by atoms with Crippen LogP contribution in [0.3, 0.4) is 0 Å². The molecule has 6 nitrogen and oxygen atoms in total. The van der Waals surface area contributed by atoms with E-state index in [1.807, 2.05) is 0 Å². The average molecular weight is 327 g/mol. The van der Waals surface area contributed by atoms with Crippen molar-refractivity contribution >= 4 is 16.7 Å². The van der Waals surface area contributed by atoms with Crippen molar-refractivity contribution in [3.8, 4) is 5.75 Å². The van der Waals surface area contributed by atoms with Crippen molar-refractivity contribution in [2.24, 2.45) is 0 Å². The van der Waals surface area contributed by atoms with Gasteiger partial charge in [0.05, 0.1) is 25.0 Å². The van der Waals surface area contributed by atoms with Gasteiger partial charge >= 0.3 is 0 Å². The molecule has 0 bridgehead atoms. The summed E-state index contributed by atoms with van der Waals surface area (Å²) in [5.74, 6) is -1.63. The number of fused-ring (bicyclic) bond motifs is 1. The van der Waals surface area contributed by atoms with E-state index in [2.05, 4.69) is 5.10 Å². The molecule has 122 valence electrons. The normalized spacial score (nSPS) is 10.8. The predicted molar refractivity (Wildman–Crippen MR) is 82.4 cm³/mol. The summed E-state index contributed by atoms with van der Waals surface area (Å²) >= 11 is 0. The van der Waals surface area contributed by atoms with Crippen LogP contribution in [0.2, 0.25) is 0 Å². The maximum absolute atomic E-state index is 13.5. The summed E-state index contributed by atoms with van der Waals surface area (Å²) in [5.41, 5.74) is -0.464. The Labute approximate surface area is 135 Å². The fourth-order valence-electron chi connectivity index (χ4n) is 2.53. The Hall–Kier alpha value is -3.22. The van der Waals surface area contributed by atoms with Crippen LogP contribution in [0.15, 0.2) is 47.3 Å². The van der Waals surface area contributed by atoms with Crippen molar-refractivity contribution in [3.05, 3.63) is 69.9 Å². The average Bonchev–Trinajstić information content (AvgIpc) is 2.57. The molecule has 0 atom stereocenters. The molecule has 0 N–H and O–H groups in total. The van der Waals surface area contributed by atoms with Gasteiger partial charge in [-0.15, -0.1) is 0 Å². The standard InChI is InChI=1S/C17H13FN2O4/c1-24-14-7-6-11(18)8-10(14)9-20-16(21)13-5-3-2-4-12(13)15(19-20)17(22)23/h2-8H,9H2,1H3,(H,22,23)/p-1. The minimum absolute atomic E-state index is 0.134. The van der Waals surface area contributed by atoms with E-state index in [1.54, 1.807) is 12.1 Å². The Balaban J connectivity index is 2.21. The first-order valence-electron chi connectivity index (χ1n) is 7.05. The molecule has 0 amide bonds. The first-order valence-corrected chi connectivity index (χ1v) is 7.05. The van der Waals surface area contributed by atoms with Crippen molar-refractivity contribution in [1.29, 1.82) is 0 Å². The lowest BCUT2D eigenvalue weighted by Crippen LogP contribution is -2.31. The summed E-state index contributed by atoms with van der Waals surface area (Å²) in [4.78, 5) is 23.9. The minimum Gasteiger partial charge on any atom is -0.543 e. The van der Waals surface area contributed by atoms with Crippen LogP contribution in [-0.2, 0) is 6.54 Å². The lowest BCUT2D eigenvalue weighted by atomic mass is 10.1. The van der Waals surface area contributed by atoms with E-state index in [9.17, 15) is 19.1 Å². The third kappa shape index (κ3) is 2.71. The minimum atomic E-state index is -1.49. The largest absolute Gasteiger partial charge is 0.543 e. The number of carbonyl (C=O) groups excluding carboxylic acids is 1. The van der Waals surface area contributed by atoms with Gasteiger partial charge in [0, 0.05) is 10.9 Å². The quantitative estimate of drug-likeness (QED) is 0.712. The summed E-state index contributed by atoms with van der Waals surface area (Å²) in [6.45, 7) is -0.134. The van der Waals surface area contributed by atoms with Gasteiger partial charge < -0.3 is 14.6 Å². The smallest absolute Gasteiger partial charge is 0.274 e. The summed E-state index contributed by atoms with van der Waals surface area (Å²) in [6.07, 6.45) is 0. The SMILES string of the molecule is COc1ccc(F)cc1Cn1nc(C(=O)[O-])c2ccccc2c1=O. The number of halogens is 1. The maximum Gasteiger partial charge on any atom is 0.274 e. The molecule has 7 heteroatoms. The number of hydrogen-bond acceptors (Lipinski definition) is 5. The number of benzene rings is 2. The number of aromatic nitrogens is 2. The molecule has 0 fully saturated rings. The van der Waals surface area contributed by atoms with E-state index >= 15 is 0 Å². The van der Waals surface area contributed by atoms with Gasteiger partial charge in [0.25, 0.3) is 5.56 Å². The number of ether oxygens (including phenoxy) is 1. The number of carboxylic acids is 1. The van der Waals surface area contributed by atoms with Gasteiger partial charge in [-0.25, -0.2) is 9.07 Å². The van der Waals surface area contributed by atoms with Crippen molar-refractivity contribution in [3.63, 3.8) is 0 Å². The van der Waals surface area contributed by atoms with Gasteiger partial charge in [-0.05, 0) is 24.3 Å². The van der Waals surface area contributed by atoms with E-state index in [1.165, 1.54) is 37.4 Å². The third-order valence-corrected chi connectivity index (χ3v) is 3.62. The molecule has 1 heterocycles. The molecule has 0 aliphatic rings. The predicted octanol–water partition coefficient (Wildman–Crippen LogP) is 0.956. The van der Waals surface area contributed by atoms with Crippen LogP contribution >= 0.6 is 0 Å². The van der Waals surface area contributed by atoms with Crippen molar-refractivity contribution in [2.75, 3.05) is 7.11 Å². The molecule has 0 aliphatic heterocycles. The van der Waals surface area contributed by atoms with Gasteiger partial charge in [-0.1, -0.05) is 18.2 Å². The van der Waals surface area contributed by atoms with Crippen molar-refractivity contribution in [1.82, 2.24) is 9.78 Å². The van der Waals surface area contributed by atoms with E-state index in [0.29, 0.717) is 11.3 Å². The van der Waals surface area contributed by atoms with Crippen LogP contribution in [0.4, 0.5) is 4.39 Å². The zero-order valence-corrected chi connectivity index (χ0v) is 12.7. The second-order valence-electron chi connectivity index (χ2n) is 5.10. The third-order valence-electron chi connectivity index (χ3n) is 3.62. The van der Waals surface area contributed by atoms with Crippen LogP contribution in [-0.4, -0.2) is 22.9 Å². The fraction of sp³-hybridized carbons (Fsp3) is 0.118. The van der Waals surface area contributed by atoms with E-state index in [-0.39, 0.29) is 23.0 Å². The number of hydrogen-bond donors (Lipinski definition) is 0. The molecule has 0 saturated carbocycles. The van der Waals surface area contributed by atoms with Gasteiger partial charge in [-0.3, -0.25) is 4.79 Å². The summed E-state index contributed by atoms with van der Waals surface area (Å²) in [5, 5.41) is 15.6. The van der Waals surface area contributed by atoms with Crippen LogP contribution in [0.25, 0.3) is 10.8 Å². The Morgan fingerprint density at radius 2 is 1.96 bits per heavy atom. The van der Waals surface area contributed by atoms with E-state index < -0.39 is 17.3 Å². The van der Waals surface area contributed by atoms with Gasteiger partial charge in [-0.2, -0.15) is 5.10 Å². The Bertz CT molecular complexity index is 998. The highest BCUT2D eigenvalue weighted by Gasteiger charge is 2.13. The number of methoxy groups -OCH3 is 1. The number of rotatable bonds is 4. The number of aromatic carboxylic acids is 1. The van der Waals surface area contributed by atoms with E-state index in [4.69, 9.17) is 4.74 Å². The highest BCUT2D eigenvalue weighted by molar-refractivity contribution is 6.00. The van der Waals surface area contributed by atoms with Gasteiger partial charge in [0.1, 0.15) is 17.3 Å². The highest BCUT2D eigenvalue weighted by atomic mass is 19.1. The van der Waals surface area contributed by atoms with Crippen LogP contribution in [0, 0.1) is 5.82 Å². The molecule has 3 rings (SSSR count). The summed E-state index contributed by atoms with van der Waals surface area (Å²) < 4.78 is 19.6. The van der Waals surface area contributed by atoms with Crippen molar-refractivity contribution < 1.29 is 19.0 Å². The zero-order chi connectivity index (χ0) is 17.3.